The summed E-state index contributed by atoms with van der Waals surface area (Å²) in [6.45, 7) is 3.01. The van der Waals surface area contributed by atoms with Crippen molar-refractivity contribution in [1.82, 2.24) is 4.57 Å². The van der Waals surface area contributed by atoms with E-state index in [1.54, 1.807) is 55.5 Å². The van der Waals surface area contributed by atoms with Crippen LogP contribution in [0.15, 0.2) is 63.5 Å². The Hall–Kier alpha value is -4.69. The Morgan fingerprint density at radius 2 is 1.97 bits per heavy atom. The summed E-state index contributed by atoms with van der Waals surface area (Å²) >= 11 is 1.19. The van der Waals surface area contributed by atoms with E-state index < -0.39 is 18.0 Å². The number of nitriles is 1. The van der Waals surface area contributed by atoms with Gasteiger partial charge in [0, 0.05) is 6.92 Å². The summed E-state index contributed by atoms with van der Waals surface area (Å²) in [5.74, 6) is 0.391. The molecule has 5 rings (SSSR count). The van der Waals surface area contributed by atoms with Gasteiger partial charge in [-0.3, -0.25) is 14.2 Å². The largest absolute Gasteiger partial charge is 0.461 e. The van der Waals surface area contributed by atoms with E-state index >= 15 is 0 Å². The van der Waals surface area contributed by atoms with Crippen LogP contribution in [0.2, 0.25) is 0 Å². The number of hydrogen-bond donors (Lipinski definition) is 0. The predicted octanol–water partition coefficient (Wildman–Crippen LogP) is 2.35. The van der Waals surface area contributed by atoms with Crippen molar-refractivity contribution < 1.29 is 28.5 Å². The second-order valence-electron chi connectivity index (χ2n) is 8.40. The number of esters is 2. The molecule has 0 aliphatic carbocycles. The number of rotatable bonds is 6. The van der Waals surface area contributed by atoms with Gasteiger partial charge in [0.1, 0.15) is 12.4 Å². The Morgan fingerprint density at radius 3 is 2.71 bits per heavy atom. The molecule has 3 aromatic rings. The highest BCUT2D eigenvalue weighted by atomic mass is 32.1. The number of hydrogen-bond acceptors (Lipinski definition) is 10. The summed E-state index contributed by atoms with van der Waals surface area (Å²) in [7, 11) is 0. The molecular formula is C27H21N3O7S. The maximum Gasteiger partial charge on any atom is 0.338 e. The molecule has 3 heterocycles. The molecule has 2 aromatic carbocycles. The zero-order valence-corrected chi connectivity index (χ0v) is 21.2. The number of benzene rings is 2. The highest BCUT2D eigenvalue weighted by molar-refractivity contribution is 7.07. The third kappa shape index (κ3) is 4.81. The zero-order chi connectivity index (χ0) is 26.8. The van der Waals surface area contributed by atoms with Gasteiger partial charge in [-0.1, -0.05) is 29.5 Å². The SMILES string of the molecule is CC(=O)Oc1ccc(C=c2sc3n(c2=O)C(c2ccc4c(c2)OCO4)C(C(=O)OCCC#N)=C(C)N=3)cc1. The van der Waals surface area contributed by atoms with E-state index in [1.807, 2.05) is 6.07 Å². The number of fused-ring (bicyclic) bond motifs is 2. The minimum absolute atomic E-state index is 0.0445. The number of nitrogens with zero attached hydrogens (tertiary/aromatic N) is 3. The summed E-state index contributed by atoms with van der Waals surface area (Å²) in [6, 6.07) is 13.1. The molecule has 2 aliphatic rings. The molecule has 1 aromatic heterocycles. The monoisotopic (exact) mass is 531 g/mol. The lowest BCUT2D eigenvalue weighted by atomic mass is 9.95. The molecule has 1 unspecified atom stereocenters. The van der Waals surface area contributed by atoms with Crippen LogP contribution in [0.4, 0.5) is 0 Å². The average Bonchev–Trinajstić information content (AvgIpc) is 3.48. The number of thiazole rings is 1. The summed E-state index contributed by atoms with van der Waals surface area (Å²) < 4.78 is 23.2. The minimum Gasteiger partial charge on any atom is -0.461 e. The van der Waals surface area contributed by atoms with Crippen LogP contribution in [0.5, 0.6) is 17.2 Å². The molecule has 11 heteroatoms. The quantitative estimate of drug-likeness (QED) is 0.269. The first-order valence-electron chi connectivity index (χ1n) is 11.6. The predicted molar refractivity (Wildman–Crippen MR) is 135 cm³/mol. The third-order valence-corrected chi connectivity index (χ3v) is 6.82. The van der Waals surface area contributed by atoms with Crippen molar-refractivity contribution >= 4 is 29.4 Å². The Bertz CT molecular complexity index is 1690. The number of aromatic nitrogens is 1. The second-order valence-corrected chi connectivity index (χ2v) is 9.41. The van der Waals surface area contributed by atoms with Crippen LogP contribution >= 0.6 is 11.3 Å². The highest BCUT2D eigenvalue weighted by Crippen LogP contribution is 2.38. The van der Waals surface area contributed by atoms with E-state index in [0.29, 0.717) is 37.8 Å². The Labute approximate surface area is 220 Å². The molecule has 0 bridgehead atoms. The lowest BCUT2D eigenvalue weighted by Gasteiger charge is -2.24. The number of ether oxygens (including phenoxy) is 4. The van der Waals surface area contributed by atoms with Crippen LogP contribution in [-0.4, -0.2) is 29.9 Å². The highest BCUT2D eigenvalue weighted by Gasteiger charge is 2.34. The van der Waals surface area contributed by atoms with Gasteiger partial charge >= 0.3 is 11.9 Å². The van der Waals surface area contributed by atoms with Gasteiger partial charge in [0.2, 0.25) is 6.79 Å². The Morgan fingerprint density at radius 1 is 1.21 bits per heavy atom. The summed E-state index contributed by atoms with van der Waals surface area (Å²) in [5.41, 5.74) is 1.61. The van der Waals surface area contributed by atoms with Gasteiger partial charge in [0.25, 0.3) is 5.56 Å². The Balaban J connectivity index is 1.62. The maximum atomic E-state index is 13.7. The lowest BCUT2D eigenvalue weighted by molar-refractivity contribution is -0.139. The van der Waals surface area contributed by atoms with E-state index in [0.717, 1.165) is 5.56 Å². The molecule has 0 saturated carbocycles. The molecule has 1 atom stereocenters. The lowest BCUT2D eigenvalue weighted by Crippen LogP contribution is -2.40. The fourth-order valence-corrected chi connectivity index (χ4v) is 5.24. The van der Waals surface area contributed by atoms with Crippen LogP contribution in [0.25, 0.3) is 6.08 Å². The van der Waals surface area contributed by atoms with Gasteiger partial charge in [-0.25, -0.2) is 9.79 Å². The smallest absolute Gasteiger partial charge is 0.338 e. The van der Waals surface area contributed by atoms with Crippen molar-refractivity contribution in [2.45, 2.75) is 26.3 Å². The van der Waals surface area contributed by atoms with Crippen molar-refractivity contribution in [2.24, 2.45) is 4.99 Å². The van der Waals surface area contributed by atoms with E-state index in [4.69, 9.17) is 24.2 Å². The van der Waals surface area contributed by atoms with Gasteiger partial charge in [-0.05, 0) is 48.4 Å². The van der Waals surface area contributed by atoms with Crippen LogP contribution < -0.4 is 29.1 Å². The molecule has 38 heavy (non-hydrogen) atoms. The third-order valence-electron chi connectivity index (χ3n) is 5.84. The molecule has 0 spiro atoms. The zero-order valence-electron chi connectivity index (χ0n) is 20.4. The Kier molecular flexibility index (Phi) is 6.81. The minimum atomic E-state index is -0.830. The van der Waals surface area contributed by atoms with Crippen molar-refractivity contribution in [1.29, 1.82) is 5.26 Å². The normalized spacial score (nSPS) is 15.9. The van der Waals surface area contributed by atoms with Crippen molar-refractivity contribution in [3.05, 3.63) is 84.5 Å². The number of carbonyl (C=O) groups excluding carboxylic acids is 2. The van der Waals surface area contributed by atoms with E-state index in [1.165, 1.54) is 22.8 Å². The molecule has 10 nitrogen and oxygen atoms in total. The van der Waals surface area contributed by atoms with Crippen LogP contribution in [0.3, 0.4) is 0 Å². The van der Waals surface area contributed by atoms with Crippen LogP contribution in [0.1, 0.15) is 37.4 Å². The van der Waals surface area contributed by atoms with Gasteiger partial charge in [0.15, 0.2) is 16.3 Å². The average molecular weight is 532 g/mol. The molecule has 192 valence electrons. The van der Waals surface area contributed by atoms with E-state index in [2.05, 4.69) is 4.99 Å². The fourth-order valence-electron chi connectivity index (χ4n) is 4.20. The molecule has 2 aliphatic heterocycles. The first-order valence-corrected chi connectivity index (χ1v) is 12.4. The van der Waals surface area contributed by atoms with Crippen molar-refractivity contribution in [3.63, 3.8) is 0 Å². The van der Waals surface area contributed by atoms with E-state index in [-0.39, 0.29) is 31.0 Å². The summed E-state index contributed by atoms with van der Waals surface area (Å²) in [5, 5.41) is 8.84. The number of carbonyl (C=O) groups is 2. The topological polar surface area (TPSA) is 129 Å². The molecule has 0 N–H and O–H groups in total. The summed E-state index contributed by atoms with van der Waals surface area (Å²) in [6.07, 6.45) is 1.76. The summed E-state index contributed by atoms with van der Waals surface area (Å²) in [4.78, 5) is 43.1. The van der Waals surface area contributed by atoms with Gasteiger partial charge in [-0.15, -0.1) is 0 Å². The van der Waals surface area contributed by atoms with Gasteiger partial charge in [-0.2, -0.15) is 5.26 Å². The molecule has 0 fully saturated rings. The molecular weight excluding hydrogens is 510 g/mol. The maximum absolute atomic E-state index is 13.7. The fraction of sp³-hybridized carbons (Fsp3) is 0.222. The second kappa shape index (κ2) is 10.4. The van der Waals surface area contributed by atoms with Gasteiger partial charge in [0.05, 0.1) is 34.3 Å². The molecule has 0 radical (unpaired) electrons. The number of allylic oxidation sites excluding steroid dienone is 1. The van der Waals surface area contributed by atoms with Gasteiger partial charge < -0.3 is 18.9 Å². The van der Waals surface area contributed by atoms with Crippen LogP contribution in [0, 0.1) is 11.3 Å². The van der Waals surface area contributed by atoms with Crippen molar-refractivity contribution in [2.75, 3.05) is 13.4 Å². The van der Waals surface area contributed by atoms with Crippen LogP contribution in [-0.2, 0) is 14.3 Å². The standard InChI is InChI=1S/C27H21N3O7S/c1-15-23(26(33)34-11-3-10-28)24(18-6-9-20-21(13-18)36-14-35-20)30-25(32)22(38-27(30)29-15)12-17-4-7-19(8-5-17)37-16(2)31/h4-9,12-13,24H,3,11,14H2,1-2H3. The molecule has 0 saturated heterocycles. The molecule has 0 amide bonds. The first kappa shape index (κ1) is 25.0. The first-order chi connectivity index (χ1) is 18.4. The van der Waals surface area contributed by atoms with E-state index in [9.17, 15) is 14.4 Å². The van der Waals surface area contributed by atoms with Crippen molar-refractivity contribution in [3.8, 4) is 23.3 Å².